The molecule has 0 saturated carbocycles. The number of nitrogens with zero attached hydrogens (tertiary/aromatic N) is 1. The second-order valence-corrected chi connectivity index (χ2v) is 4.00. The lowest BCUT2D eigenvalue weighted by Crippen LogP contribution is -2.32. The van der Waals surface area contributed by atoms with E-state index in [0.717, 1.165) is 5.69 Å². The number of methoxy groups -OCH3 is 2. The number of aliphatic hydroxyl groups is 1. The van der Waals surface area contributed by atoms with Gasteiger partial charge < -0.3 is 25.2 Å². The van der Waals surface area contributed by atoms with E-state index < -0.39 is 0 Å². The Balaban J connectivity index is 3.12. The fourth-order valence-electron chi connectivity index (χ4n) is 1.80. The number of hydrogen-bond donors (Lipinski definition) is 3. The lowest BCUT2D eigenvalue weighted by Gasteiger charge is -2.26. The molecule has 0 atom stereocenters. The molecule has 0 aliphatic rings. The van der Waals surface area contributed by atoms with Crippen molar-refractivity contribution in [2.45, 2.75) is 0 Å². The van der Waals surface area contributed by atoms with Crippen molar-refractivity contribution in [2.75, 3.05) is 45.4 Å². The Bertz CT molecular complexity index is 424. The van der Waals surface area contributed by atoms with Crippen LogP contribution in [0.1, 0.15) is 5.56 Å². The summed E-state index contributed by atoms with van der Waals surface area (Å²) in [7, 11) is 3.20. The highest BCUT2D eigenvalue weighted by Crippen LogP contribution is 2.25. The number of amidine groups is 1. The van der Waals surface area contributed by atoms with Crippen molar-refractivity contribution in [3.63, 3.8) is 0 Å². The minimum absolute atomic E-state index is 0.0122. The fraction of sp³-hybridized carbons (Fsp3) is 0.462. The maximum atomic E-state index is 9.15. The number of aliphatic hydroxyl groups excluding tert-OH is 1. The summed E-state index contributed by atoms with van der Waals surface area (Å²) in [4.78, 5) is 1.92. The average Bonchev–Trinajstić information content (AvgIpc) is 2.42. The molecule has 0 unspecified atom stereocenters. The zero-order chi connectivity index (χ0) is 14.3. The van der Waals surface area contributed by atoms with E-state index in [4.69, 9.17) is 25.7 Å². The molecule has 0 bridgehead atoms. The standard InChI is InChI=1S/C13H21N3O3/c1-18-8-6-16(5-7-17)12-9-10(19-2)3-4-11(12)13(14)15/h3-4,9,17H,5-8H2,1-2H3,(H3,14,15). The summed E-state index contributed by atoms with van der Waals surface area (Å²) in [5, 5.41) is 16.8. The zero-order valence-electron chi connectivity index (χ0n) is 11.3. The quantitative estimate of drug-likeness (QED) is 0.469. The van der Waals surface area contributed by atoms with Crippen molar-refractivity contribution in [3.8, 4) is 5.75 Å². The Morgan fingerprint density at radius 2 is 2.11 bits per heavy atom. The van der Waals surface area contributed by atoms with E-state index in [0.29, 0.717) is 31.0 Å². The number of hydrogen-bond acceptors (Lipinski definition) is 5. The van der Waals surface area contributed by atoms with Gasteiger partial charge in [-0.2, -0.15) is 0 Å². The van der Waals surface area contributed by atoms with Crippen LogP contribution >= 0.6 is 0 Å². The van der Waals surface area contributed by atoms with Gasteiger partial charge in [-0.3, -0.25) is 5.41 Å². The topological polar surface area (TPSA) is 91.8 Å². The van der Waals surface area contributed by atoms with Crippen LogP contribution in [0.2, 0.25) is 0 Å². The van der Waals surface area contributed by atoms with Gasteiger partial charge in [-0.25, -0.2) is 0 Å². The van der Waals surface area contributed by atoms with Gasteiger partial charge in [-0.1, -0.05) is 0 Å². The highest BCUT2D eigenvalue weighted by Gasteiger charge is 2.14. The van der Waals surface area contributed by atoms with Crippen LogP contribution in [0, 0.1) is 5.41 Å². The molecule has 1 aromatic rings. The van der Waals surface area contributed by atoms with Gasteiger partial charge in [0, 0.05) is 31.8 Å². The van der Waals surface area contributed by atoms with Crippen molar-refractivity contribution in [1.82, 2.24) is 0 Å². The molecule has 1 rings (SSSR count). The lowest BCUT2D eigenvalue weighted by molar-refractivity contribution is 0.203. The molecule has 19 heavy (non-hydrogen) atoms. The molecule has 1 aromatic carbocycles. The number of rotatable bonds is 8. The highest BCUT2D eigenvalue weighted by atomic mass is 16.5. The largest absolute Gasteiger partial charge is 0.497 e. The second-order valence-electron chi connectivity index (χ2n) is 4.00. The third-order valence-electron chi connectivity index (χ3n) is 2.77. The minimum Gasteiger partial charge on any atom is -0.497 e. The molecule has 6 nitrogen and oxygen atoms in total. The smallest absolute Gasteiger partial charge is 0.124 e. The van der Waals surface area contributed by atoms with Gasteiger partial charge in [0.15, 0.2) is 0 Å². The van der Waals surface area contributed by atoms with Gasteiger partial charge in [-0.05, 0) is 12.1 Å². The normalized spacial score (nSPS) is 10.3. The summed E-state index contributed by atoms with van der Waals surface area (Å²) in [6, 6.07) is 5.31. The molecule has 0 aliphatic heterocycles. The van der Waals surface area contributed by atoms with Gasteiger partial charge in [0.25, 0.3) is 0 Å². The zero-order valence-corrected chi connectivity index (χ0v) is 11.3. The fourth-order valence-corrected chi connectivity index (χ4v) is 1.80. The Kier molecular flexibility index (Phi) is 6.11. The summed E-state index contributed by atoms with van der Waals surface area (Å²) in [6.45, 7) is 1.58. The predicted molar refractivity (Wildman–Crippen MR) is 75.2 cm³/mol. The van der Waals surface area contributed by atoms with E-state index in [1.165, 1.54) is 0 Å². The van der Waals surface area contributed by atoms with E-state index in [-0.39, 0.29) is 12.4 Å². The van der Waals surface area contributed by atoms with E-state index >= 15 is 0 Å². The third kappa shape index (κ3) is 4.11. The first kappa shape index (κ1) is 15.3. The van der Waals surface area contributed by atoms with Crippen LogP contribution in [0.25, 0.3) is 0 Å². The van der Waals surface area contributed by atoms with Gasteiger partial charge >= 0.3 is 0 Å². The maximum absolute atomic E-state index is 9.15. The summed E-state index contributed by atoms with van der Waals surface area (Å²) in [6.07, 6.45) is 0. The van der Waals surface area contributed by atoms with Gasteiger partial charge in [0.1, 0.15) is 11.6 Å². The van der Waals surface area contributed by atoms with E-state index in [2.05, 4.69) is 0 Å². The number of nitrogen functional groups attached to an aromatic ring is 1. The molecule has 0 fully saturated rings. The Morgan fingerprint density at radius 1 is 1.37 bits per heavy atom. The first-order valence-corrected chi connectivity index (χ1v) is 6.01. The van der Waals surface area contributed by atoms with Crippen LogP contribution in [0.5, 0.6) is 5.75 Å². The number of nitrogens with one attached hydrogen (secondary N) is 1. The molecule has 0 amide bonds. The molecule has 0 aliphatic carbocycles. The third-order valence-corrected chi connectivity index (χ3v) is 2.77. The van der Waals surface area contributed by atoms with E-state index in [1.807, 2.05) is 11.0 Å². The lowest BCUT2D eigenvalue weighted by atomic mass is 10.1. The summed E-state index contributed by atoms with van der Waals surface area (Å²) in [5.74, 6) is 0.665. The second kappa shape index (κ2) is 7.60. The van der Waals surface area contributed by atoms with Crippen molar-refractivity contribution in [2.24, 2.45) is 5.73 Å². The number of nitrogens with two attached hydrogens (primary N) is 1. The molecule has 4 N–H and O–H groups in total. The van der Waals surface area contributed by atoms with Crippen LogP contribution < -0.4 is 15.4 Å². The van der Waals surface area contributed by atoms with Crippen molar-refractivity contribution < 1.29 is 14.6 Å². The highest BCUT2D eigenvalue weighted by molar-refractivity contribution is 6.00. The summed E-state index contributed by atoms with van der Waals surface area (Å²) < 4.78 is 10.2. The molecular weight excluding hydrogens is 246 g/mol. The molecule has 0 heterocycles. The first-order valence-electron chi connectivity index (χ1n) is 6.01. The monoisotopic (exact) mass is 267 g/mol. The van der Waals surface area contributed by atoms with Crippen molar-refractivity contribution >= 4 is 11.5 Å². The average molecular weight is 267 g/mol. The van der Waals surface area contributed by atoms with Crippen LogP contribution in [-0.2, 0) is 4.74 Å². The Morgan fingerprint density at radius 3 is 2.63 bits per heavy atom. The minimum atomic E-state index is -0.0157. The van der Waals surface area contributed by atoms with Crippen LogP contribution in [0.15, 0.2) is 18.2 Å². The van der Waals surface area contributed by atoms with E-state index in [9.17, 15) is 0 Å². The van der Waals surface area contributed by atoms with Gasteiger partial charge in [0.2, 0.25) is 0 Å². The van der Waals surface area contributed by atoms with Crippen molar-refractivity contribution in [3.05, 3.63) is 23.8 Å². The maximum Gasteiger partial charge on any atom is 0.124 e. The Hall–Kier alpha value is -1.79. The SMILES string of the molecule is COCCN(CCO)c1cc(OC)ccc1C(=N)N. The summed E-state index contributed by atoms with van der Waals surface area (Å²) in [5.41, 5.74) is 6.97. The van der Waals surface area contributed by atoms with Gasteiger partial charge in [0.05, 0.1) is 26.0 Å². The van der Waals surface area contributed by atoms with E-state index in [1.54, 1.807) is 26.4 Å². The number of ether oxygens (including phenoxy) is 2. The van der Waals surface area contributed by atoms with Gasteiger partial charge in [-0.15, -0.1) is 0 Å². The molecule has 0 spiro atoms. The molecular formula is C13H21N3O3. The van der Waals surface area contributed by atoms with Crippen LogP contribution in [-0.4, -0.2) is 51.5 Å². The number of anilines is 1. The van der Waals surface area contributed by atoms with Crippen molar-refractivity contribution in [1.29, 1.82) is 5.41 Å². The number of benzene rings is 1. The first-order chi connectivity index (χ1) is 9.13. The molecule has 0 radical (unpaired) electrons. The van der Waals surface area contributed by atoms with Crippen LogP contribution in [0.3, 0.4) is 0 Å². The van der Waals surface area contributed by atoms with Crippen LogP contribution in [0.4, 0.5) is 5.69 Å². The Labute approximate surface area is 113 Å². The predicted octanol–water partition coefficient (Wildman–Crippen LogP) is 0.424. The molecule has 0 saturated heterocycles. The molecule has 6 heteroatoms. The molecule has 0 aromatic heterocycles. The molecule has 106 valence electrons. The summed E-state index contributed by atoms with van der Waals surface area (Å²) >= 11 is 0.